The number of hydrogen-bond acceptors (Lipinski definition) is 3. The number of nitrogens with one attached hydrogen (secondary N) is 1. The number of carbonyl (C=O) groups excluding carboxylic acids is 1. The van der Waals surface area contributed by atoms with E-state index in [9.17, 15) is 4.79 Å². The lowest BCUT2D eigenvalue weighted by molar-refractivity contribution is -0.132. The van der Waals surface area contributed by atoms with E-state index in [0.717, 1.165) is 32.6 Å². The standard InChI is InChI=1S/C16H28N2O2/c1-2-14-16(19)18(10-12-6-5-9-20-11-12)15(17-14)13-7-3-4-8-13/h12-15,17H,2-11H2,1H3. The van der Waals surface area contributed by atoms with Gasteiger partial charge in [0.2, 0.25) is 5.91 Å². The normalized spacial score (nSPS) is 36.0. The summed E-state index contributed by atoms with van der Waals surface area (Å²) in [6.45, 7) is 4.72. The van der Waals surface area contributed by atoms with Gasteiger partial charge in [0, 0.05) is 19.1 Å². The van der Waals surface area contributed by atoms with Gasteiger partial charge >= 0.3 is 0 Å². The molecule has 3 rings (SSSR count). The monoisotopic (exact) mass is 280 g/mol. The molecule has 3 fully saturated rings. The van der Waals surface area contributed by atoms with Gasteiger partial charge in [-0.3, -0.25) is 10.1 Å². The van der Waals surface area contributed by atoms with Gasteiger partial charge in [-0.15, -0.1) is 0 Å². The molecule has 1 N–H and O–H groups in total. The van der Waals surface area contributed by atoms with Gasteiger partial charge in [-0.25, -0.2) is 0 Å². The second-order valence-electron chi connectivity index (χ2n) is 6.69. The van der Waals surface area contributed by atoms with Crippen LogP contribution < -0.4 is 5.32 Å². The largest absolute Gasteiger partial charge is 0.381 e. The summed E-state index contributed by atoms with van der Waals surface area (Å²) in [5.41, 5.74) is 0. The molecule has 2 saturated heterocycles. The smallest absolute Gasteiger partial charge is 0.241 e. The first-order valence-corrected chi connectivity index (χ1v) is 8.44. The quantitative estimate of drug-likeness (QED) is 0.858. The fourth-order valence-electron chi connectivity index (χ4n) is 4.09. The van der Waals surface area contributed by atoms with E-state index in [2.05, 4.69) is 17.1 Å². The zero-order valence-corrected chi connectivity index (χ0v) is 12.6. The second-order valence-corrected chi connectivity index (χ2v) is 6.69. The molecule has 0 aromatic carbocycles. The highest BCUT2D eigenvalue weighted by atomic mass is 16.5. The first-order chi connectivity index (χ1) is 9.79. The van der Waals surface area contributed by atoms with E-state index in [1.54, 1.807) is 0 Å². The third-order valence-electron chi connectivity index (χ3n) is 5.25. The molecule has 4 nitrogen and oxygen atoms in total. The lowest BCUT2D eigenvalue weighted by atomic mass is 9.99. The van der Waals surface area contributed by atoms with Gasteiger partial charge in [-0.05, 0) is 38.0 Å². The molecule has 1 amide bonds. The molecule has 3 aliphatic rings. The van der Waals surface area contributed by atoms with Crippen LogP contribution in [-0.4, -0.2) is 42.8 Å². The average Bonchev–Trinajstić information content (AvgIpc) is 3.10. The molecule has 3 atom stereocenters. The Morgan fingerprint density at radius 1 is 1.25 bits per heavy atom. The molecule has 2 aliphatic heterocycles. The van der Waals surface area contributed by atoms with E-state index in [-0.39, 0.29) is 12.2 Å². The summed E-state index contributed by atoms with van der Waals surface area (Å²) in [6, 6.07) is 0.0464. The minimum absolute atomic E-state index is 0.0464. The molecule has 114 valence electrons. The molecule has 1 aliphatic carbocycles. The minimum Gasteiger partial charge on any atom is -0.381 e. The molecule has 0 radical (unpaired) electrons. The van der Waals surface area contributed by atoms with Gasteiger partial charge in [0.25, 0.3) is 0 Å². The Hall–Kier alpha value is -0.610. The number of amides is 1. The Bertz CT molecular complexity index is 335. The van der Waals surface area contributed by atoms with Crippen molar-refractivity contribution in [3.63, 3.8) is 0 Å². The van der Waals surface area contributed by atoms with Crippen LogP contribution in [0.1, 0.15) is 51.9 Å². The molecule has 0 aromatic rings. The first kappa shape index (κ1) is 14.3. The summed E-state index contributed by atoms with van der Waals surface area (Å²) in [5, 5.41) is 3.61. The van der Waals surface area contributed by atoms with E-state index in [1.807, 2.05) is 0 Å². The number of hydrogen-bond donors (Lipinski definition) is 1. The summed E-state index contributed by atoms with van der Waals surface area (Å²) in [7, 11) is 0. The molecule has 0 aromatic heterocycles. The molecular formula is C16H28N2O2. The lowest BCUT2D eigenvalue weighted by Crippen LogP contribution is -2.45. The summed E-state index contributed by atoms with van der Waals surface area (Å²) in [4.78, 5) is 14.8. The van der Waals surface area contributed by atoms with Gasteiger partial charge in [0.15, 0.2) is 0 Å². The number of nitrogens with zero attached hydrogens (tertiary/aromatic N) is 1. The molecule has 2 heterocycles. The van der Waals surface area contributed by atoms with Gasteiger partial charge in [0.1, 0.15) is 0 Å². The summed E-state index contributed by atoms with van der Waals surface area (Å²) in [6.07, 6.45) is 8.75. The molecule has 0 bridgehead atoms. The molecule has 4 heteroatoms. The van der Waals surface area contributed by atoms with Crippen molar-refractivity contribution in [3.8, 4) is 0 Å². The van der Waals surface area contributed by atoms with Crippen LogP contribution in [0.4, 0.5) is 0 Å². The predicted molar refractivity (Wildman–Crippen MR) is 78.2 cm³/mol. The Labute approximate surface area is 122 Å². The average molecular weight is 280 g/mol. The zero-order valence-electron chi connectivity index (χ0n) is 12.6. The zero-order chi connectivity index (χ0) is 13.9. The maximum atomic E-state index is 12.6. The highest BCUT2D eigenvalue weighted by molar-refractivity contribution is 5.84. The van der Waals surface area contributed by atoms with Crippen LogP contribution in [0, 0.1) is 11.8 Å². The fraction of sp³-hybridized carbons (Fsp3) is 0.938. The van der Waals surface area contributed by atoms with E-state index >= 15 is 0 Å². The van der Waals surface area contributed by atoms with E-state index in [0.29, 0.717) is 17.7 Å². The van der Waals surface area contributed by atoms with Crippen molar-refractivity contribution in [2.75, 3.05) is 19.8 Å². The van der Waals surface area contributed by atoms with Crippen molar-refractivity contribution in [3.05, 3.63) is 0 Å². The summed E-state index contributed by atoms with van der Waals surface area (Å²) >= 11 is 0. The van der Waals surface area contributed by atoms with Crippen molar-refractivity contribution < 1.29 is 9.53 Å². The predicted octanol–water partition coefficient (Wildman–Crippen LogP) is 2.14. The Kier molecular flexibility index (Phi) is 4.61. The van der Waals surface area contributed by atoms with Crippen LogP contribution in [0.5, 0.6) is 0 Å². The Morgan fingerprint density at radius 3 is 2.70 bits per heavy atom. The van der Waals surface area contributed by atoms with Crippen LogP contribution in [0.25, 0.3) is 0 Å². The van der Waals surface area contributed by atoms with E-state index < -0.39 is 0 Å². The molecular weight excluding hydrogens is 252 g/mol. The highest BCUT2D eigenvalue weighted by Gasteiger charge is 2.43. The van der Waals surface area contributed by atoms with E-state index in [4.69, 9.17) is 4.74 Å². The van der Waals surface area contributed by atoms with Crippen LogP contribution in [0.2, 0.25) is 0 Å². The SMILES string of the molecule is CCC1NC(C2CCCC2)N(CC2CCCOC2)C1=O. The van der Waals surface area contributed by atoms with Crippen LogP contribution >= 0.6 is 0 Å². The van der Waals surface area contributed by atoms with Crippen LogP contribution in [0.3, 0.4) is 0 Å². The van der Waals surface area contributed by atoms with E-state index in [1.165, 1.54) is 32.1 Å². The van der Waals surface area contributed by atoms with Crippen LogP contribution in [-0.2, 0) is 9.53 Å². The fourth-order valence-corrected chi connectivity index (χ4v) is 4.09. The highest BCUT2D eigenvalue weighted by Crippen LogP contribution is 2.33. The second kappa shape index (κ2) is 6.44. The van der Waals surface area contributed by atoms with Gasteiger partial charge in [-0.1, -0.05) is 19.8 Å². The van der Waals surface area contributed by atoms with Crippen LogP contribution in [0.15, 0.2) is 0 Å². The minimum atomic E-state index is 0.0464. The summed E-state index contributed by atoms with van der Waals surface area (Å²) < 4.78 is 5.58. The molecule has 1 saturated carbocycles. The maximum absolute atomic E-state index is 12.6. The van der Waals surface area contributed by atoms with Gasteiger partial charge < -0.3 is 9.64 Å². The lowest BCUT2D eigenvalue weighted by Gasteiger charge is -2.33. The molecule has 20 heavy (non-hydrogen) atoms. The topological polar surface area (TPSA) is 41.6 Å². The third-order valence-corrected chi connectivity index (χ3v) is 5.25. The molecule has 3 unspecified atom stereocenters. The Morgan fingerprint density at radius 2 is 2.05 bits per heavy atom. The maximum Gasteiger partial charge on any atom is 0.241 e. The van der Waals surface area contributed by atoms with Crippen molar-refractivity contribution >= 4 is 5.91 Å². The van der Waals surface area contributed by atoms with Crippen molar-refractivity contribution in [1.82, 2.24) is 10.2 Å². The van der Waals surface area contributed by atoms with Gasteiger partial charge in [-0.2, -0.15) is 0 Å². The number of rotatable bonds is 4. The van der Waals surface area contributed by atoms with Gasteiger partial charge in [0.05, 0.1) is 18.8 Å². The number of ether oxygens (including phenoxy) is 1. The van der Waals surface area contributed by atoms with Crippen molar-refractivity contribution in [2.45, 2.75) is 64.1 Å². The third kappa shape index (κ3) is 2.86. The Balaban J connectivity index is 1.67. The van der Waals surface area contributed by atoms with Crippen molar-refractivity contribution in [2.24, 2.45) is 11.8 Å². The molecule has 0 spiro atoms. The van der Waals surface area contributed by atoms with Crippen molar-refractivity contribution in [1.29, 1.82) is 0 Å². The number of carbonyl (C=O) groups is 1. The summed E-state index contributed by atoms with van der Waals surface area (Å²) in [5.74, 6) is 1.53. The first-order valence-electron chi connectivity index (χ1n) is 8.44.